The van der Waals surface area contributed by atoms with E-state index in [1.54, 1.807) is 36.4 Å². The second-order valence-corrected chi connectivity index (χ2v) is 11.3. The Kier molecular flexibility index (Phi) is 6.10. The van der Waals surface area contributed by atoms with Crippen molar-refractivity contribution in [1.29, 1.82) is 0 Å². The van der Waals surface area contributed by atoms with E-state index in [4.69, 9.17) is 0 Å². The van der Waals surface area contributed by atoms with Crippen molar-refractivity contribution in [1.82, 2.24) is 24.5 Å². The lowest BCUT2D eigenvalue weighted by molar-refractivity contribution is 0.404. The highest BCUT2D eigenvalue weighted by Gasteiger charge is 2.39. The van der Waals surface area contributed by atoms with E-state index in [2.05, 4.69) is 25.3 Å². The molecular formula is C28H24F2N6O2S. The van der Waals surface area contributed by atoms with Gasteiger partial charge in [0.1, 0.15) is 17.4 Å². The minimum absolute atomic E-state index is 0.00852. The van der Waals surface area contributed by atoms with Gasteiger partial charge >= 0.3 is 0 Å². The van der Waals surface area contributed by atoms with Crippen LogP contribution < -0.4 is 5.32 Å². The number of hydrogen-bond acceptors (Lipinski definition) is 7. The Morgan fingerprint density at radius 2 is 1.87 bits per heavy atom. The molecule has 11 heteroatoms. The standard InChI is InChI=1S/C28H24F2N6O2S/c1-28(2)15-39(38)27-33-23-25(34-24(35-26(23)36(27)28)17-12-18(29)14-31-13-17)32-10-9-16-7-8-22(37)20(11-16)19-5-3-4-6-21(19)30/h3-8,11-14,37H,9-10,15H2,1-2H3,(H,32,34,35). The number of aromatic hydroxyl groups is 1. The van der Waals surface area contributed by atoms with Crippen molar-refractivity contribution in [3.05, 3.63) is 78.1 Å². The molecule has 0 saturated carbocycles. The summed E-state index contributed by atoms with van der Waals surface area (Å²) in [5.74, 6) is 0.162. The smallest absolute Gasteiger partial charge is 0.202 e. The zero-order valence-corrected chi connectivity index (χ0v) is 22.0. The predicted molar refractivity (Wildman–Crippen MR) is 145 cm³/mol. The van der Waals surface area contributed by atoms with Gasteiger partial charge in [0, 0.05) is 29.4 Å². The molecule has 1 unspecified atom stereocenters. The van der Waals surface area contributed by atoms with Crippen LogP contribution in [-0.2, 0) is 22.8 Å². The van der Waals surface area contributed by atoms with Gasteiger partial charge in [0.25, 0.3) is 0 Å². The van der Waals surface area contributed by atoms with E-state index >= 15 is 0 Å². The van der Waals surface area contributed by atoms with Crippen LogP contribution in [0.25, 0.3) is 33.7 Å². The average molecular weight is 547 g/mol. The Labute approximate surface area is 225 Å². The number of phenolic OH excluding ortho intramolecular Hbond substituents is 1. The highest BCUT2D eigenvalue weighted by molar-refractivity contribution is 7.85. The molecule has 1 aliphatic heterocycles. The van der Waals surface area contributed by atoms with E-state index in [9.17, 15) is 18.1 Å². The van der Waals surface area contributed by atoms with E-state index in [-0.39, 0.29) is 11.6 Å². The fourth-order valence-corrected chi connectivity index (χ4v) is 6.46. The number of nitrogens with zero attached hydrogens (tertiary/aromatic N) is 5. The van der Waals surface area contributed by atoms with E-state index in [1.807, 2.05) is 18.4 Å². The summed E-state index contributed by atoms with van der Waals surface area (Å²) in [5, 5.41) is 14.1. The van der Waals surface area contributed by atoms with Crippen LogP contribution in [0.3, 0.4) is 0 Å². The molecule has 8 nitrogen and oxygen atoms in total. The molecule has 0 fully saturated rings. The molecule has 4 heterocycles. The molecule has 1 aliphatic rings. The summed E-state index contributed by atoms with van der Waals surface area (Å²) in [6, 6.07) is 12.7. The molecule has 2 N–H and O–H groups in total. The Hall–Kier alpha value is -4.25. The lowest BCUT2D eigenvalue weighted by atomic mass is 10.00. The maximum atomic E-state index is 14.4. The van der Waals surface area contributed by atoms with Crippen LogP contribution in [0.1, 0.15) is 19.4 Å². The monoisotopic (exact) mass is 546 g/mol. The first-order valence-electron chi connectivity index (χ1n) is 12.3. The molecule has 0 saturated heterocycles. The fourth-order valence-electron chi connectivity index (χ4n) is 4.83. The number of anilines is 1. The van der Waals surface area contributed by atoms with Crippen LogP contribution in [0.15, 0.2) is 66.1 Å². The molecule has 0 aliphatic carbocycles. The molecule has 0 bridgehead atoms. The molecule has 2 aromatic carbocycles. The number of halogens is 2. The summed E-state index contributed by atoms with van der Waals surface area (Å²) < 4.78 is 43.0. The van der Waals surface area contributed by atoms with Crippen molar-refractivity contribution < 1.29 is 18.1 Å². The van der Waals surface area contributed by atoms with Crippen molar-refractivity contribution in [2.45, 2.75) is 31.0 Å². The van der Waals surface area contributed by atoms with E-state index in [0.29, 0.717) is 57.5 Å². The lowest BCUT2D eigenvalue weighted by Gasteiger charge is -2.20. The first-order chi connectivity index (χ1) is 18.7. The van der Waals surface area contributed by atoms with Gasteiger partial charge in [0.05, 0.1) is 28.3 Å². The number of imidazole rings is 1. The Morgan fingerprint density at radius 1 is 1.05 bits per heavy atom. The molecule has 0 amide bonds. The van der Waals surface area contributed by atoms with E-state index in [1.165, 1.54) is 18.3 Å². The van der Waals surface area contributed by atoms with Crippen LogP contribution in [0.2, 0.25) is 0 Å². The highest BCUT2D eigenvalue weighted by Crippen LogP contribution is 2.37. The predicted octanol–water partition coefficient (Wildman–Crippen LogP) is 5.05. The fraction of sp³-hybridized carbons (Fsp3) is 0.214. The van der Waals surface area contributed by atoms with Gasteiger partial charge in [0.2, 0.25) is 5.16 Å². The van der Waals surface area contributed by atoms with Crippen molar-refractivity contribution >= 4 is 27.8 Å². The molecular weight excluding hydrogens is 522 g/mol. The maximum Gasteiger partial charge on any atom is 0.202 e. The van der Waals surface area contributed by atoms with E-state index < -0.39 is 28.0 Å². The van der Waals surface area contributed by atoms with Gasteiger partial charge in [0.15, 0.2) is 22.8 Å². The normalized spacial score (nSPS) is 15.9. The highest BCUT2D eigenvalue weighted by atomic mass is 32.2. The number of rotatable bonds is 6. The van der Waals surface area contributed by atoms with E-state index in [0.717, 1.165) is 11.8 Å². The van der Waals surface area contributed by atoms with Crippen LogP contribution >= 0.6 is 0 Å². The zero-order valence-electron chi connectivity index (χ0n) is 21.2. The summed E-state index contributed by atoms with van der Waals surface area (Å²) in [5.41, 5.74) is 2.49. The van der Waals surface area contributed by atoms with Crippen molar-refractivity contribution in [3.8, 4) is 28.3 Å². The molecule has 39 heavy (non-hydrogen) atoms. The third-order valence-corrected chi connectivity index (χ3v) is 8.31. The van der Waals surface area contributed by atoms with Crippen molar-refractivity contribution in [3.63, 3.8) is 0 Å². The second-order valence-electron chi connectivity index (χ2n) is 10.0. The summed E-state index contributed by atoms with van der Waals surface area (Å²) in [7, 11) is -1.29. The molecule has 198 valence electrons. The summed E-state index contributed by atoms with van der Waals surface area (Å²) in [6.07, 6.45) is 3.12. The van der Waals surface area contributed by atoms with Gasteiger partial charge in [-0.1, -0.05) is 24.3 Å². The molecule has 0 radical (unpaired) electrons. The second kappa shape index (κ2) is 9.49. The number of pyridine rings is 1. The Morgan fingerprint density at radius 3 is 2.67 bits per heavy atom. The number of phenols is 1. The first kappa shape index (κ1) is 25.1. The Bertz CT molecular complexity index is 1770. The van der Waals surface area contributed by atoms with Gasteiger partial charge in [-0.2, -0.15) is 0 Å². The van der Waals surface area contributed by atoms with Crippen LogP contribution in [0.4, 0.5) is 14.6 Å². The Balaban J connectivity index is 1.35. The molecule has 6 rings (SSSR count). The SMILES string of the molecule is CC1(C)CS(=O)c2nc3c(NCCc4ccc(O)c(-c5ccccc5F)c4)nc(-c4cncc(F)c4)nc3n21. The van der Waals surface area contributed by atoms with Crippen LogP contribution in [-0.4, -0.2) is 46.1 Å². The van der Waals surface area contributed by atoms with Gasteiger partial charge in [-0.25, -0.2) is 23.7 Å². The molecule has 3 aromatic heterocycles. The van der Waals surface area contributed by atoms with Crippen LogP contribution in [0, 0.1) is 11.6 Å². The quantitative estimate of drug-likeness (QED) is 0.307. The summed E-state index contributed by atoms with van der Waals surface area (Å²) in [4.78, 5) is 17.9. The van der Waals surface area contributed by atoms with Crippen molar-refractivity contribution in [2.24, 2.45) is 0 Å². The van der Waals surface area contributed by atoms with Gasteiger partial charge in [-0.15, -0.1) is 0 Å². The van der Waals surface area contributed by atoms with Gasteiger partial charge in [-0.05, 0) is 50.1 Å². The number of fused-ring (bicyclic) bond motifs is 3. The largest absolute Gasteiger partial charge is 0.507 e. The number of hydrogen-bond donors (Lipinski definition) is 2. The van der Waals surface area contributed by atoms with Gasteiger partial charge in [-0.3, -0.25) is 13.8 Å². The summed E-state index contributed by atoms with van der Waals surface area (Å²) >= 11 is 0. The van der Waals surface area contributed by atoms with Gasteiger partial charge < -0.3 is 10.4 Å². The number of nitrogens with one attached hydrogen (secondary N) is 1. The minimum atomic E-state index is -1.29. The topological polar surface area (TPSA) is 106 Å². The average Bonchev–Trinajstić information content (AvgIpc) is 3.41. The third kappa shape index (κ3) is 4.52. The third-order valence-electron chi connectivity index (χ3n) is 6.66. The minimum Gasteiger partial charge on any atom is -0.507 e. The molecule has 0 spiro atoms. The lowest BCUT2D eigenvalue weighted by Crippen LogP contribution is -2.25. The maximum absolute atomic E-state index is 14.4. The number of aromatic nitrogens is 5. The zero-order chi connectivity index (χ0) is 27.3. The number of benzene rings is 2. The summed E-state index contributed by atoms with van der Waals surface area (Å²) in [6.45, 7) is 4.36. The van der Waals surface area contributed by atoms with Crippen LogP contribution in [0.5, 0.6) is 5.75 Å². The van der Waals surface area contributed by atoms with Crippen molar-refractivity contribution in [2.75, 3.05) is 17.6 Å². The first-order valence-corrected chi connectivity index (χ1v) is 13.6. The molecule has 5 aromatic rings. The molecule has 1 atom stereocenters.